The number of nitrogens with two attached hydrogens (primary N) is 1. The summed E-state index contributed by atoms with van der Waals surface area (Å²) in [4.78, 5) is 0. The molecule has 0 aliphatic heterocycles. The smallest absolute Gasteiger partial charge is 0.416 e. The minimum atomic E-state index is -4.39. The average molecular weight is 360 g/mol. The maximum Gasteiger partial charge on any atom is 0.416 e. The monoisotopic (exact) mass is 359 g/mol. The van der Waals surface area contributed by atoms with E-state index in [0.717, 1.165) is 22.2 Å². The van der Waals surface area contributed by atoms with E-state index in [0.29, 0.717) is 0 Å². The molecule has 2 nitrogen and oxygen atoms in total. The van der Waals surface area contributed by atoms with Gasteiger partial charge >= 0.3 is 6.18 Å². The van der Waals surface area contributed by atoms with Gasteiger partial charge in [0.2, 0.25) is 0 Å². The number of ether oxygens (including phenoxy) is 1. The zero-order chi connectivity index (χ0) is 15.5. The van der Waals surface area contributed by atoms with Crippen molar-refractivity contribution in [2.45, 2.75) is 12.3 Å². The number of hydrogen-bond donors (Lipinski definition) is 1. The fraction of sp³-hybridized carbons (Fsp3) is 0.200. The lowest BCUT2D eigenvalue weighted by molar-refractivity contribution is -0.137. The molecule has 0 aliphatic rings. The second-order valence-corrected chi connectivity index (χ2v) is 5.34. The number of halogens is 4. The van der Waals surface area contributed by atoms with Crippen molar-refractivity contribution < 1.29 is 17.9 Å². The Morgan fingerprint density at radius 1 is 1.10 bits per heavy atom. The molecule has 2 aromatic rings. The summed E-state index contributed by atoms with van der Waals surface area (Å²) < 4.78 is 44.5. The highest BCUT2D eigenvalue weighted by molar-refractivity contribution is 9.10. The highest BCUT2D eigenvalue weighted by Gasteiger charge is 2.30. The lowest BCUT2D eigenvalue weighted by Gasteiger charge is -2.19. The van der Waals surface area contributed by atoms with Crippen LogP contribution in [-0.4, -0.2) is 6.54 Å². The molecule has 0 aliphatic carbocycles. The molecule has 2 N–H and O–H groups in total. The van der Waals surface area contributed by atoms with E-state index in [-0.39, 0.29) is 12.3 Å². The van der Waals surface area contributed by atoms with Crippen LogP contribution < -0.4 is 10.5 Å². The summed E-state index contributed by atoms with van der Waals surface area (Å²) >= 11 is 3.32. The van der Waals surface area contributed by atoms with E-state index in [2.05, 4.69) is 15.9 Å². The Bertz CT molecular complexity index is 599. The first-order chi connectivity index (χ1) is 9.90. The summed E-state index contributed by atoms with van der Waals surface area (Å²) in [7, 11) is 0. The first-order valence-corrected chi connectivity index (χ1v) is 6.99. The minimum Gasteiger partial charge on any atom is -0.484 e. The van der Waals surface area contributed by atoms with Crippen LogP contribution in [0.2, 0.25) is 0 Å². The fourth-order valence-electron chi connectivity index (χ4n) is 1.84. The van der Waals surface area contributed by atoms with Crippen molar-refractivity contribution in [3.63, 3.8) is 0 Å². The summed E-state index contributed by atoms with van der Waals surface area (Å²) in [5.74, 6) is 0.142. The summed E-state index contributed by atoms with van der Waals surface area (Å²) in [6.07, 6.45) is -4.89. The molecule has 0 saturated heterocycles. The van der Waals surface area contributed by atoms with Gasteiger partial charge in [-0.3, -0.25) is 0 Å². The van der Waals surface area contributed by atoms with Crippen LogP contribution in [-0.2, 0) is 6.18 Å². The van der Waals surface area contributed by atoms with E-state index in [1.807, 2.05) is 24.3 Å². The summed E-state index contributed by atoms with van der Waals surface area (Å²) in [6, 6.07) is 12.1. The van der Waals surface area contributed by atoms with Crippen LogP contribution in [0.25, 0.3) is 0 Å². The number of hydrogen-bond acceptors (Lipinski definition) is 2. The van der Waals surface area contributed by atoms with E-state index in [9.17, 15) is 13.2 Å². The summed E-state index contributed by atoms with van der Waals surface area (Å²) in [5.41, 5.74) is 5.72. The molecule has 112 valence electrons. The van der Waals surface area contributed by atoms with Gasteiger partial charge in [0.15, 0.2) is 0 Å². The van der Waals surface area contributed by atoms with E-state index in [1.54, 1.807) is 0 Å². The molecule has 1 atom stereocenters. The van der Waals surface area contributed by atoms with Crippen LogP contribution in [0.3, 0.4) is 0 Å². The van der Waals surface area contributed by atoms with E-state index < -0.39 is 17.8 Å². The quantitative estimate of drug-likeness (QED) is 0.869. The zero-order valence-electron chi connectivity index (χ0n) is 10.9. The van der Waals surface area contributed by atoms with E-state index in [4.69, 9.17) is 10.5 Å². The molecule has 0 amide bonds. The summed E-state index contributed by atoms with van der Waals surface area (Å²) in [5, 5.41) is 0. The Kier molecular flexibility index (Phi) is 4.90. The van der Waals surface area contributed by atoms with Crippen molar-refractivity contribution in [2.24, 2.45) is 5.73 Å². The third kappa shape index (κ3) is 4.22. The Morgan fingerprint density at radius 2 is 1.76 bits per heavy atom. The van der Waals surface area contributed by atoms with Gasteiger partial charge in [-0.05, 0) is 35.9 Å². The van der Waals surface area contributed by atoms with Crippen molar-refractivity contribution in [2.75, 3.05) is 6.54 Å². The molecular weight excluding hydrogens is 347 g/mol. The van der Waals surface area contributed by atoms with Gasteiger partial charge in [0.1, 0.15) is 11.9 Å². The Balaban J connectivity index is 2.21. The van der Waals surface area contributed by atoms with Gasteiger partial charge in [0, 0.05) is 11.0 Å². The number of benzene rings is 2. The van der Waals surface area contributed by atoms with Crippen LogP contribution >= 0.6 is 15.9 Å². The SMILES string of the molecule is NCC(Oc1cccc(C(F)(F)F)c1)c1ccc(Br)cc1. The van der Waals surface area contributed by atoms with Crippen molar-refractivity contribution in [1.29, 1.82) is 0 Å². The number of rotatable bonds is 4. The number of alkyl halides is 3. The third-order valence-corrected chi connectivity index (χ3v) is 3.42. The maximum absolute atomic E-state index is 12.7. The molecule has 0 spiro atoms. The average Bonchev–Trinajstić information content (AvgIpc) is 2.45. The van der Waals surface area contributed by atoms with Crippen LogP contribution in [0, 0.1) is 0 Å². The first kappa shape index (κ1) is 15.9. The zero-order valence-corrected chi connectivity index (χ0v) is 12.5. The Morgan fingerprint density at radius 3 is 2.33 bits per heavy atom. The summed E-state index contributed by atoms with van der Waals surface area (Å²) in [6.45, 7) is 0.165. The second-order valence-electron chi connectivity index (χ2n) is 4.42. The van der Waals surface area contributed by atoms with Gasteiger partial charge in [0.25, 0.3) is 0 Å². The van der Waals surface area contributed by atoms with Gasteiger partial charge in [-0.2, -0.15) is 13.2 Å². The van der Waals surface area contributed by atoms with Crippen molar-refractivity contribution in [3.05, 3.63) is 64.1 Å². The van der Waals surface area contributed by atoms with Crippen LogP contribution in [0.4, 0.5) is 13.2 Å². The first-order valence-electron chi connectivity index (χ1n) is 6.19. The molecule has 0 heterocycles. The van der Waals surface area contributed by atoms with Crippen LogP contribution in [0.15, 0.2) is 53.0 Å². The van der Waals surface area contributed by atoms with Gasteiger partial charge in [-0.25, -0.2) is 0 Å². The van der Waals surface area contributed by atoms with Gasteiger partial charge < -0.3 is 10.5 Å². The van der Waals surface area contributed by atoms with E-state index >= 15 is 0 Å². The molecular formula is C15H13BrF3NO. The molecule has 0 saturated carbocycles. The third-order valence-electron chi connectivity index (χ3n) is 2.90. The molecule has 0 radical (unpaired) electrons. The topological polar surface area (TPSA) is 35.2 Å². The molecule has 6 heteroatoms. The lowest BCUT2D eigenvalue weighted by Crippen LogP contribution is -2.18. The predicted octanol–water partition coefficient (Wildman–Crippen LogP) is 4.55. The highest BCUT2D eigenvalue weighted by atomic mass is 79.9. The van der Waals surface area contributed by atoms with Gasteiger partial charge in [-0.1, -0.05) is 34.1 Å². The van der Waals surface area contributed by atoms with Crippen molar-refractivity contribution >= 4 is 15.9 Å². The molecule has 0 bridgehead atoms. The Labute approximate surface area is 128 Å². The second kappa shape index (κ2) is 6.49. The Hall–Kier alpha value is -1.53. The van der Waals surface area contributed by atoms with E-state index in [1.165, 1.54) is 12.1 Å². The predicted molar refractivity (Wildman–Crippen MR) is 78.0 cm³/mol. The lowest BCUT2D eigenvalue weighted by atomic mass is 10.1. The minimum absolute atomic E-state index is 0.142. The molecule has 1 unspecified atom stereocenters. The van der Waals surface area contributed by atoms with Crippen molar-refractivity contribution in [1.82, 2.24) is 0 Å². The molecule has 2 rings (SSSR count). The molecule has 21 heavy (non-hydrogen) atoms. The van der Waals surface area contributed by atoms with Gasteiger partial charge in [0.05, 0.1) is 5.56 Å². The largest absolute Gasteiger partial charge is 0.484 e. The van der Waals surface area contributed by atoms with Crippen LogP contribution in [0.1, 0.15) is 17.2 Å². The maximum atomic E-state index is 12.7. The normalized spacial score (nSPS) is 13.0. The fourth-order valence-corrected chi connectivity index (χ4v) is 2.10. The highest BCUT2D eigenvalue weighted by Crippen LogP contribution is 2.32. The molecule has 2 aromatic carbocycles. The molecule has 0 aromatic heterocycles. The molecule has 0 fully saturated rings. The van der Waals surface area contributed by atoms with Crippen molar-refractivity contribution in [3.8, 4) is 5.75 Å². The standard InChI is InChI=1S/C15H13BrF3NO/c16-12-6-4-10(5-7-12)14(9-20)21-13-3-1-2-11(8-13)15(17,18)19/h1-8,14H,9,20H2. The van der Waals surface area contributed by atoms with Gasteiger partial charge in [-0.15, -0.1) is 0 Å². The van der Waals surface area contributed by atoms with Crippen LogP contribution in [0.5, 0.6) is 5.75 Å².